The number of halogens is 1. The Bertz CT molecular complexity index is 1250. The van der Waals surface area contributed by atoms with Crippen LogP contribution in [0.5, 0.6) is 0 Å². The molecule has 2 saturated heterocycles. The number of piperidine rings is 1. The van der Waals surface area contributed by atoms with E-state index in [1.165, 1.54) is 12.3 Å². The molecule has 1 unspecified atom stereocenters. The predicted molar refractivity (Wildman–Crippen MR) is 153 cm³/mol. The molecule has 208 valence electrons. The summed E-state index contributed by atoms with van der Waals surface area (Å²) in [5, 5.41) is 25.6. The number of pyridine rings is 2. The first kappa shape index (κ1) is 27.3. The molecule has 3 aromatic rings. The average molecular weight is 535 g/mol. The Hall–Kier alpha value is -3.27. The predicted octanol–water partition coefficient (Wildman–Crippen LogP) is 3.80. The Labute approximate surface area is 230 Å². The summed E-state index contributed by atoms with van der Waals surface area (Å²) in [5.74, 6) is 1.34. The minimum absolute atomic E-state index is 0.00932. The third-order valence-corrected chi connectivity index (χ3v) is 8.18. The van der Waals surface area contributed by atoms with Crippen molar-refractivity contribution in [1.29, 1.82) is 0 Å². The molecule has 0 amide bonds. The van der Waals surface area contributed by atoms with Crippen LogP contribution in [-0.4, -0.2) is 76.5 Å². The fourth-order valence-corrected chi connectivity index (χ4v) is 6.10. The molecule has 2 aliphatic rings. The lowest BCUT2D eigenvalue weighted by molar-refractivity contribution is -0.0154. The summed E-state index contributed by atoms with van der Waals surface area (Å²) in [5.41, 5.74) is 5.30. The largest absolute Gasteiger partial charge is 0.394 e. The SMILES string of the molecule is Cc1cc(C)c(C(O)N2CCN(c3ccccn3)[C@H](CO)C2)c(C)c1NC1CCN(c2ccc(F)cn2)CC1. The highest BCUT2D eigenvalue weighted by atomic mass is 19.1. The van der Waals surface area contributed by atoms with Gasteiger partial charge in [-0.05, 0) is 74.6 Å². The average Bonchev–Trinajstić information content (AvgIpc) is 2.96. The molecule has 0 aliphatic carbocycles. The van der Waals surface area contributed by atoms with Gasteiger partial charge in [0.1, 0.15) is 23.7 Å². The number of aromatic nitrogens is 2. The van der Waals surface area contributed by atoms with E-state index in [0.717, 1.165) is 65.5 Å². The van der Waals surface area contributed by atoms with Gasteiger partial charge < -0.3 is 25.3 Å². The molecule has 0 radical (unpaired) electrons. The highest BCUT2D eigenvalue weighted by Gasteiger charge is 2.33. The number of nitrogens with one attached hydrogen (secondary N) is 1. The second-order valence-electron chi connectivity index (χ2n) is 10.8. The number of benzene rings is 1. The van der Waals surface area contributed by atoms with Crippen LogP contribution in [0, 0.1) is 26.6 Å². The van der Waals surface area contributed by atoms with Crippen molar-refractivity contribution in [3.63, 3.8) is 0 Å². The van der Waals surface area contributed by atoms with Crippen molar-refractivity contribution in [3.05, 3.63) is 76.9 Å². The van der Waals surface area contributed by atoms with E-state index < -0.39 is 6.23 Å². The molecule has 4 heterocycles. The van der Waals surface area contributed by atoms with Gasteiger partial charge in [-0.1, -0.05) is 12.1 Å². The van der Waals surface area contributed by atoms with Crippen LogP contribution in [-0.2, 0) is 0 Å². The molecule has 0 spiro atoms. The van der Waals surface area contributed by atoms with Crippen LogP contribution in [0.15, 0.2) is 48.8 Å². The van der Waals surface area contributed by atoms with E-state index in [2.05, 4.69) is 56.8 Å². The monoisotopic (exact) mass is 534 g/mol. The Balaban J connectivity index is 1.28. The second-order valence-corrected chi connectivity index (χ2v) is 10.8. The first-order valence-corrected chi connectivity index (χ1v) is 13.8. The van der Waals surface area contributed by atoms with Crippen LogP contribution in [0.25, 0.3) is 0 Å². The molecule has 0 saturated carbocycles. The summed E-state index contributed by atoms with van der Waals surface area (Å²) in [6, 6.07) is 11.3. The lowest BCUT2D eigenvalue weighted by atomic mass is 9.93. The third kappa shape index (κ3) is 5.85. The number of aliphatic hydroxyl groups excluding tert-OH is 2. The van der Waals surface area contributed by atoms with E-state index in [-0.39, 0.29) is 18.5 Å². The Morgan fingerprint density at radius 3 is 2.46 bits per heavy atom. The first-order valence-electron chi connectivity index (χ1n) is 13.8. The number of piperazine rings is 1. The molecular formula is C30H39FN6O2. The van der Waals surface area contributed by atoms with Gasteiger partial charge in [0, 0.05) is 56.2 Å². The van der Waals surface area contributed by atoms with Crippen LogP contribution in [0.2, 0.25) is 0 Å². The summed E-state index contributed by atoms with van der Waals surface area (Å²) in [6.45, 7) is 9.83. The number of nitrogens with zero attached hydrogens (tertiary/aromatic N) is 5. The third-order valence-electron chi connectivity index (χ3n) is 8.18. The number of hydrogen-bond donors (Lipinski definition) is 3. The maximum atomic E-state index is 13.3. The van der Waals surface area contributed by atoms with Crippen molar-refractivity contribution in [2.24, 2.45) is 0 Å². The molecule has 1 aromatic carbocycles. The zero-order chi connectivity index (χ0) is 27.5. The van der Waals surface area contributed by atoms with E-state index in [0.29, 0.717) is 25.7 Å². The molecular weight excluding hydrogens is 495 g/mol. The summed E-state index contributed by atoms with van der Waals surface area (Å²) >= 11 is 0. The van der Waals surface area contributed by atoms with Crippen molar-refractivity contribution in [1.82, 2.24) is 14.9 Å². The van der Waals surface area contributed by atoms with E-state index in [1.807, 2.05) is 18.2 Å². The van der Waals surface area contributed by atoms with Gasteiger partial charge in [-0.2, -0.15) is 0 Å². The second kappa shape index (κ2) is 11.9. The number of aliphatic hydroxyl groups is 2. The maximum Gasteiger partial charge on any atom is 0.141 e. The summed E-state index contributed by atoms with van der Waals surface area (Å²) < 4.78 is 13.3. The molecule has 8 nitrogen and oxygen atoms in total. The van der Waals surface area contributed by atoms with Crippen LogP contribution in [0.1, 0.15) is 41.3 Å². The first-order chi connectivity index (χ1) is 18.9. The molecule has 0 bridgehead atoms. The van der Waals surface area contributed by atoms with Crippen molar-refractivity contribution < 1.29 is 14.6 Å². The van der Waals surface area contributed by atoms with Crippen LogP contribution in [0.3, 0.4) is 0 Å². The van der Waals surface area contributed by atoms with Crippen LogP contribution >= 0.6 is 0 Å². The molecule has 2 aromatic heterocycles. The van der Waals surface area contributed by atoms with Crippen LogP contribution in [0.4, 0.5) is 21.7 Å². The molecule has 39 heavy (non-hydrogen) atoms. The summed E-state index contributed by atoms with van der Waals surface area (Å²) in [6.07, 6.45) is 4.15. The zero-order valence-electron chi connectivity index (χ0n) is 23.0. The number of hydrogen-bond acceptors (Lipinski definition) is 8. The minimum Gasteiger partial charge on any atom is -0.394 e. The Morgan fingerprint density at radius 1 is 1.00 bits per heavy atom. The number of anilines is 3. The highest BCUT2D eigenvalue weighted by molar-refractivity contribution is 5.63. The van der Waals surface area contributed by atoms with E-state index in [4.69, 9.17) is 0 Å². The quantitative estimate of drug-likeness (QED) is 0.422. The molecule has 9 heteroatoms. The topological polar surface area (TPSA) is 88.0 Å². The Morgan fingerprint density at radius 2 is 1.79 bits per heavy atom. The molecule has 2 atom stereocenters. The highest BCUT2D eigenvalue weighted by Crippen LogP contribution is 2.35. The van der Waals surface area contributed by atoms with Gasteiger partial charge in [0.2, 0.25) is 0 Å². The standard InChI is InChI=1S/C30H39FN6O2/c1-20-16-21(2)29(34-24-9-12-35(13-10-24)26-8-7-23(31)17-33-26)22(3)28(20)30(39)36-14-15-37(25(18-36)19-38)27-6-4-5-11-32-27/h4-8,11,16-17,24-25,30,34,38-39H,9-10,12-15,18-19H2,1-3H3/t25-,30?/m0/s1. The molecule has 2 fully saturated rings. The lowest BCUT2D eigenvalue weighted by Crippen LogP contribution is -2.56. The Kier molecular flexibility index (Phi) is 8.30. The van der Waals surface area contributed by atoms with Crippen molar-refractivity contribution in [2.45, 2.75) is 51.9 Å². The number of aryl methyl sites for hydroxylation is 2. The summed E-state index contributed by atoms with van der Waals surface area (Å²) in [7, 11) is 0. The van der Waals surface area contributed by atoms with Crippen molar-refractivity contribution in [3.8, 4) is 0 Å². The van der Waals surface area contributed by atoms with Gasteiger partial charge in [-0.15, -0.1) is 0 Å². The lowest BCUT2D eigenvalue weighted by Gasteiger charge is -2.43. The fraction of sp³-hybridized carbons (Fsp3) is 0.467. The van der Waals surface area contributed by atoms with E-state index in [1.54, 1.807) is 12.3 Å². The van der Waals surface area contributed by atoms with Gasteiger partial charge in [0.25, 0.3) is 0 Å². The van der Waals surface area contributed by atoms with Crippen molar-refractivity contribution >= 4 is 17.3 Å². The summed E-state index contributed by atoms with van der Waals surface area (Å²) in [4.78, 5) is 15.1. The molecule has 5 rings (SSSR count). The smallest absolute Gasteiger partial charge is 0.141 e. The maximum absolute atomic E-state index is 13.3. The van der Waals surface area contributed by atoms with Gasteiger partial charge in [0.15, 0.2) is 0 Å². The molecule has 3 N–H and O–H groups in total. The minimum atomic E-state index is -0.766. The van der Waals surface area contributed by atoms with Gasteiger partial charge >= 0.3 is 0 Å². The van der Waals surface area contributed by atoms with Gasteiger partial charge in [-0.25, -0.2) is 14.4 Å². The zero-order valence-corrected chi connectivity index (χ0v) is 23.0. The van der Waals surface area contributed by atoms with Crippen LogP contribution < -0.4 is 15.1 Å². The van der Waals surface area contributed by atoms with E-state index >= 15 is 0 Å². The molecule has 2 aliphatic heterocycles. The van der Waals surface area contributed by atoms with Crippen molar-refractivity contribution in [2.75, 3.05) is 54.4 Å². The van der Waals surface area contributed by atoms with Gasteiger partial charge in [0.05, 0.1) is 18.8 Å². The normalized spacial score (nSPS) is 19.8. The van der Waals surface area contributed by atoms with E-state index in [9.17, 15) is 14.6 Å². The number of rotatable bonds is 7. The van der Waals surface area contributed by atoms with Gasteiger partial charge in [-0.3, -0.25) is 4.90 Å². The fourth-order valence-electron chi connectivity index (χ4n) is 6.10.